The summed E-state index contributed by atoms with van der Waals surface area (Å²) in [5, 5.41) is 0.610. The molecule has 9 heteroatoms. The van der Waals surface area contributed by atoms with E-state index in [1.165, 1.54) is 23.0 Å². The van der Waals surface area contributed by atoms with E-state index >= 15 is 0 Å². The summed E-state index contributed by atoms with van der Waals surface area (Å²) in [6.45, 7) is 0. The van der Waals surface area contributed by atoms with E-state index in [0.717, 1.165) is 47.4 Å². The molecule has 2 aromatic heterocycles. The molecule has 0 radical (unpaired) electrons. The first kappa shape index (κ1) is 25.8. The third kappa shape index (κ3) is 4.57. The average Bonchev–Trinajstić information content (AvgIpc) is 3.56. The van der Waals surface area contributed by atoms with Gasteiger partial charge in [0.15, 0.2) is 4.80 Å². The number of hydrogen-bond acceptors (Lipinski definition) is 4. The van der Waals surface area contributed by atoms with E-state index in [1.807, 2.05) is 36.4 Å². The van der Waals surface area contributed by atoms with Gasteiger partial charge in [-0.05, 0) is 65.9 Å². The van der Waals surface area contributed by atoms with Crippen LogP contribution in [0.15, 0.2) is 105 Å². The van der Waals surface area contributed by atoms with Crippen LogP contribution in [-0.2, 0) is 12.6 Å². The van der Waals surface area contributed by atoms with Crippen molar-refractivity contribution in [1.82, 2.24) is 4.57 Å². The summed E-state index contributed by atoms with van der Waals surface area (Å²) in [7, 11) is 0. The van der Waals surface area contributed by atoms with Gasteiger partial charge < -0.3 is 4.42 Å². The summed E-state index contributed by atoms with van der Waals surface area (Å²) in [4.78, 5) is 19.4. The van der Waals surface area contributed by atoms with E-state index in [4.69, 9.17) is 21.0 Å². The Morgan fingerprint density at radius 1 is 0.976 bits per heavy atom. The number of rotatable bonds is 3. The highest BCUT2D eigenvalue weighted by atomic mass is 35.5. The van der Waals surface area contributed by atoms with Crippen LogP contribution in [0.4, 0.5) is 13.2 Å². The molecule has 5 aromatic rings. The third-order valence-electron chi connectivity index (χ3n) is 7.43. The molecule has 3 aromatic carbocycles. The number of allylic oxidation sites excluding steroid dienone is 1. The topological polar surface area (TPSA) is 47.5 Å². The predicted molar refractivity (Wildman–Crippen MR) is 153 cm³/mol. The summed E-state index contributed by atoms with van der Waals surface area (Å²) in [5.74, 6) is 0.640. The van der Waals surface area contributed by atoms with Crippen LogP contribution in [0.1, 0.15) is 40.5 Å². The minimum Gasteiger partial charge on any atom is -0.457 e. The second kappa shape index (κ2) is 9.75. The van der Waals surface area contributed by atoms with Crippen LogP contribution in [0.25, 0.3) is 23.1 Å². The SMILES string of the molecule is O=c1c(=Cc2ccc(-c3cccc(C(F)(F)F)c3)o2)sc2n1C(c1ccc(Cl)cc1)C1=C(N=2)c2ccccc2CC1. The lowest BCUT2D eigenvalue weighted by molar-refractivity contribution is -0.137. The molecule has 0 saturated carbocycles. The first-order chi connectivity index (χ1) is 19.8. The Balaban J connectivity index is 1.36. The lowest BCUT2D eigenvalue weighted by atomic mass is 9.83. The second-order valence-corrected chi connectivity index (χ2v) is 11.4. The number of benzene rings is 3. The van der Waals surface area contributed by atoms with Crippen LogP contribution in [0.2, 0.25) is 5.02 Å². The highest BCUT2D eigenvalue weighted by Gasteiger charge is 2.33. The van der Waals surface area contributed by atoms with Gasteiger partial charge in [0.05, 0.1) is 21.8 Å². The quantitative estimate of drug-likeness (QED) is 0.223. The van der Waals surface area contributed by atoms with Crippen LogP contribution in [0.5, 0.6) is 0 Å². The number of thiazole rings is 1. The van der Waals surface area contributed by atoms with Crippen LogP contribution >= 0.6 is 22.9 Å². The summed E-state index contributed by atoms with van der Waals surface area (Å²) < 4.78 is 47.6. The second-order valence-electron chi connectivity index (χ2n) is 9.95. The standard InChI is InChI=1S/C32H20ClF3N2O2S/c33-22-11-8-19(9-12-22)29-25-14-10-18-4-1-2-7-24(18)28(25)37-31-38(29)30(39)27(41-31)17-23-13-15-26(40-23)20-5-3-6-21(16-20)32(34,35)36/h1-9,11-13,15-17,29H,10,14H2. The van der Waals surface area contributed by atoms with Crippen molar-refractivity contribution in [2.45, 2.75) is 25.1 Å². The number of halogens is 4. The maximum absolute atomic E-state index is 13.9. The van der Waals surface area contributed by atoms with Crippen molar-refractivity contribution >= 4 is 34.7 Å². The lowest BCUT2D eigenvalue weighted by Gasteiger charge is -2.30. The predicted octanol–water partition coefficient (Wildman–Crippen LogP) is 7.25. The van der Waals surface area contributed by atoms with Gasteiger partial charge in [0.1, 0.15) is 11.5 Å². The Hall–Kier alpha value is -4.14. The minimum absolute atomic E-state index is 0.212. The van der Waals surface area contributed by atoms with Crippen molar-refractivity contribution in [3.8, 4) is 11.3 Å². The Kier molecular flexibility index (Phi) is 6.14. The van der Waals surface area contributed by atoms with Crippen molar-refractivity contribution in [2.24, 2.45) is 4.99 Å². The van der Waals surface area contributed by atoms with Gasteiger partial charge in [0.2, 0.25) is 0 Å². The van der Waals surface area contributed by atoms with Gasteiger partial charge >= 0.3 is 6.18 Å². The number of furan rings is 1. The number of aromatic nitrogens is 1. The zero-order valence-corrected chi connectivity index (χ0v) is 22.9. The lowest BCUT2D eigenvalue weighted by Crippen LogP contribution is -2.38. The summed E-state index contributed by atoms with van der Waals surface area (Å²) >= 11 is 7.45. The van der Waals surface area contributed by atoms with Gasteiger partial charge in [0.25, 0.3) is 5.56 Å². The molecule has 0 bridgehead atoms. The largest absolute Gasteiger partial charge is 0.457 e. The average molecular weight is 589 g/mol. The Labute approximate surface area is 241 Å². The normalized spacial score (nSPS) is 16.7. The molecule has 0 spiro atoms. The molecular weight excluding hydrogens is 569 g/mol. The Morgan fingerprint density at radius 3 is 2.59 bits per heavy atom. The molecule has 0 amide bonds. The third-order valence-corrected chi connectivity index (χ3v) is 8.67. The fourth-order valence-corrected chi connectivity index (χ4v) is 6.64. The number of hydrogen-bond donors (Lipinski definition) is 0. The van der Waals surface area contributed by atoms with Gasteiger partial charge in [-0.1, -0.05) is 71.5 Å². The molecule has 7 rings (SSSR count). The van der Waals surface area contributed by atoms with Crippen LogP contribution in [0.3, 0.4) is 0 Å². The van der Waals surface area contributed by atoms with Crippen LogP contribution < -0.4 is 14.9 Å². The monoisotopic (exact) mass is 588 g/mol. The molecule has 1 atom stereocenters. The van der Waals surface area contributed by atoms with Crippen molar-refractivity contribution < 1.29 is 17.6 Å². The number of aryl methyl sites for hydroxylation is 1. The molecule has 0 saturated heterocycles. The minimum atomic E-state index is -4.46. The smallest absolute Gasteiger partial charge is 0.416 e. The zero-order chi connectivity index (χ0) is 28.3. The van der Waals surface area contributed by atoms with Gasteiger partial charge in [-0.3, -0.25) is 9.36 Å². The van der Waals surface area contributed by atoms with Crippen molar-refractivity contribution in [3.05, 3.63) is 143 Å². The fraction of sp³-hybridized carbons (Fsp3) is 0.125. The molecule has 1 aliphatic heterocycles. The molecule has 1 aliphatic carbocycles. The zero-order valence-electron chi connectivity index (χ0n) is 21.3. The van der Waals surface area contributed by atoms with E-state index in [1.54, 1.807) is 28.8 Å². The number of alkyl halides is 3. The number of nitrogens with zero attached hydrogens (tertiary/aromatic N) is 2. The molecule has 3 heterocycles. The first-order valence-electron chi connectivity index (χ1n) is 12.9. The fourth-order valence-electron chi connectivity index (χ4n) is 5.53. The maximum Gasteiger partial charge on any atom is 0.416 e. The van der Waals surface area contributed by atoms with Crippen LogP contribution in [-0.4, -0.2) is 4.57 Å². The van der Waals surface area contributed by atoms with Gasteiger partial charge in [0, 0.05) is 22.2 Å². The van der Waals surface area contributed by atoms with Crippen molar-refractivity contribution in [2.75, 3.05) is 0 Å². The van der Waals surface area contributed by atoms with E-state index in [0.29, 0.717) is 25.7 Å². The summed E-state index contributed by atoms with van der Waals surface area (Å²) in [5.41, 5.74) is 4.54. The highest BCUT2D eigenvalue weighted by Crippen LogP contribution is 2.41. The van der Waals surface area contributed by atoms with Gasteiger partial charge in [-0.15, -0.1) is 0 Å². The molecular formula is C32H20ClF3N2O2S. The molecule has 0 N–H and O–H groups in total. The molecule has 1 unspecified atom stereocenters. The first-order valence-corrected chi connectivity index (χ1v) is 14.1. The van der Waals surface area contributed by atoms with E-state index in [2.05, 4.69) is 12.1 Å². The van der Waals surface area contributed by atoms with E-state index in [9.17, 15) is 18.0 Å². The molecule has 2 aliphatic rings. The van der Waals surface area contributed by atoms with Crippen molar-refractivity contribution in [1.29, 1.82) is 0 Å². The Morgan fingerprint density at radius 2 is 1.78 bits per heavy atom. The molecule has 41 heavy (non-hydrogen) atoms. The van der Waals surface area contributed by atoms with Gasteiger partial charge in [-0.25, -0.2) is 4.99 Å². The van der Waals surface area contributed by atoms with Crippen molar-refractivity contribution in [3.63, 3.8) is 0 Å². The highest BCUT2D eigenvalue weighted by molar-refractivity contribution is 7.07. The van der Waals surface area contributed by atoms with Gasteiger partial charge in [-0.2, -0.15) is 13.2 Å². The van der Waals surface area contributed by atoms with E-state index < -0.39 is 11.7 Å². The van der Waals surface area contributed by atoms with Crippen LogP contribution in [0, 0.1) is 0 Å². The molecule has 204 valence electrons. The molecule has 4 nitrogen and oxygen atoms in total. The maximum atomic E-state index is 13.9. The molecule has 0 fully saturated rings. The Bertz CT molecular complexity index is 2030. The summed E-state index contributed by atoms with van der Waals surface area (Å²) in [6, 6.07) is 23.6. The summed E-state index contributed by atoms with van der Waals surface area (Å²) in [6.07, 6.45) is -1.22. The van der Waals surface area contributed by atoms with E-state index in [-0.39, 0.29) is 17.4 Å². The number of fused-ring (bicyclic) bond motifs is 3.